The van der Waals surface area contributed by atoms with Crippen LogP contribution in [0, 0.1) is 0 Å². The van der Waals surface area contributed by atoms with Crippen molar-refractivity contribution in [2.75, 3.05) is 19.3 Å². The minimum Gasteiger partial charge on any atom is -0.355 e. The number of rotatable bonds is 7. The smallest absolute Gasteiger partial charge is 0.191 e. The van der Waals surface area contributed by atoms with Crippen LogP contribution in [-0.4, -0.2) is 29.5 Å². The van der Waals surface area contributed by atoms with E-state index in [1.54, 1.807) is 7.05 Å². The molecule has 0 radical (unpaired) electrons. The number of aliphatic imine (C=N–C) groups is 1. The number of hydrogen-bond donors (Lipinski definition) is 2. The van der Waals surface area contributed by atoms with Crippen molar-refractivity contribution in [2.45, 2.75) is 18.7 Å². The molecule has 0 aliphatic carbocycles. The van der Waals surface area contributed by atoms with Crippen LogP contribution in [0.5, 0.6) is 0 Å². The minimum atomic E-state index is -0.908. The molecular formula is C19H25ClIN3OS. The van der Waals surface area contributed by atoms with Crippen LogP contribution in [0.4, 0.5) is 0 Å². The quantitative estimate of drug-likeness (QED) is 0.338. The predicted octanol–water partition coefficient (Wildman–Crippen LogP) is 4.13. The van der Waals surface area contributed by atoms with E-state index in [-0.39, 0.29) is 30.0 Å². The van der Waals surface area contributed by atoms with E-state index in [0.717, 1.165) is 16.1 Å². The monoisotopic (exact) mass is 505 g/mol. The van der Waals surface area contributed by atoms with Crippen molar-refractivity contribution < 1.29 is 4.21 Å². The van der Waals surface area contributed by atoms with E-state index in [2.05, 4.69) is 15.6 Å². The first-order chi connectivity index (χ1) is 12.1. The molecule has 0 aromatic heterocycles. The van der Waals surface area contributed by atoms with Gasteiger partial charge in [0.05, 0.1) is 6.04 Å². The topological polar surface area (TPSA) is 53.5 Å². The number of benzene rings is 2. The van der Waals surface area contributed by atoms with Crippen molar-refractivity contribution in [1.29, 1.82) is 0 Å². The van der Waals surface area contributed by atoms with E-state index in [0.29, 0.717) is 24.0 Å². The lowest BCUT2D eigenvalue weighted by molar-refractivity contribution is 0.676. The third-order valence-corrected chi connectivity index (χ3v) is 5.40. The predicted molar refractivity (Wildman–Crippen MR) is 123 cm³/mol. The van der Waals surface area contributed by atoms with Gasteiger partial charge in [-0.2, -0.15) is 0 Å². The highest BCUT2D eigenvalue weighted by atomic mass is 127. The maximum absolute atomic E-state index is 12.2. The molecule has 0 aliphatic rings. The summed E-state index contributed by atoms with van der Waals surface area (Å²) in [5.41, 5.74) is 2.11. The summed E-state index contributed by atoms with van der Waals surface area (Å²) in [5.74, 6) is 1.81. The molecule has 4 nitrogen and oxygen atoms in total. The third-order valence-electron chi connectivity index (χ3n) is 3.74. The van der Waals surface area contributed by atoms with Gasteiger partial charge in [-0.3, -0.25) is 9.20 Å². The fourth-order valence-corrected chi connectivity index (χ4v) is 3.76. The fourth-order valence-electron chi connectivity index (χ4n) is 2.42. The molecule has 0 saturated carbocycles. The van der Waals surface area contributed by atoms with E-state index in [9.17, 15) is 4.21 Å². The molecule has 0 heterocycles. The molecule has 2 aromatic rings. The Labute approximate surface area is 180 Å². The van der Waals surface area contributed by atoms with Crippen LogP contribution in [0.25, 0.3) is 0 Å². The van der Waals surface area contributed by atoms with Crippen molar-refractivity contribution in [2.24, 2.45) is 4.99 Å². The van der Waals surface area contributed by atoms with Crippen LogP contribution >= 0.6 is 35.6 Å². The van der Waals surface area contributed by atoms with E-state index in [1.807, 2.05) is 61.5 Å². The zero-order chi connectivity index (χ0) is 18.1. The summed E-state index contributed by atoms with van der Waals surface area (Å²) in [7, 11) is 0.810. The maximum atomic E-state index is 12.2. The largest absolute Gasteiger partial charge is 0.355 e. The lowest BCUT2D eigenvalue weighted by Gasteiger charge is -2.19. The molecule has 142 valence electrons. The van der Waals surface area contributed by atoms with Gasteiger partial charge in [0.2, 0.25) is 0 Å². The van der Waals surface area contributed by atoms with Crippen LogP contribution < -0.4 is 10.6 Å². The second-order valence-electron chi connectivity index (χ2n) is 5.66. The van der Waals surface area contributed by atoms with Gasteiger partial charge in [-0.05, 0) is 24.1 Å². The highest BCUT2D eigenvalue weighted by Crippen LogP contribution is 2.21. The Morgan fingerprint density at radius 3 is 2.46 bits per heavy atom. The Morgan fingerprint density at radius 2 is 1.81 bits per heavy atom. The highest BCUT2D eigenvalue weighted by Gasteiger charge is 2.11. The van der Waals surface area contributed by atoms with Crippen molar-refractivity contribution in [3.05, 3.63) is 70.7 Å². The number of nitrogens with zero attached hydrogens (tertiary/aromatic N) is 1. The summed E-state index contributed by atoms with van der Waals surface area (Å²) in [6.07, 6.45) is 0. The van der Waals surface area contributed by atoms with Gasteiger partial charge in [0.1, 0.15) is 0 Å². The van der Waals surface area contributed by atoms with E-state index >= 15 is 0 Å². The van der Waals surface area contributed by atoms with Gasteiger partial charge in [-0.1, -0.05) is 60.1 Å². The van der Waals surface area contributed by atoms with Crippen molar-refractivity contribution in [3.8, 4) is 0 Å². The molecule has 26 heavy (non-hydrogen) atoms. The second kappa shape index (κ2) is 12.3. The van der Waals surface area contributed by atoms with Crippen molar-refractivity contribution >= 4 is 52.3 Å². The van der Waals surface area contributed by atoms with Gasteiger partial charge < -0.3 is 10.6 Å². The summed E-state index contributed by atoms with van der Waals surface area (Å²) in [6.45, 7) is 2.62. The Morgan fingerprint density at radius 1 is 1.15 bits per heavy atom. The Kier molecular flexibility index (Phi) is 10.8. The number of nitrogens with one attached hydrogen (secondary N) is 2. The van der Waals surface area contributed by atoms with Gasteiger partial charge in [-0.25, -0.2) is 0 Å². The summed E-state index contributed by atoms with van der Waals surface area (Å²) in [6, 6.07) is 17.6. The minimum absolute atomic E-state index is 0. The fraction of sp³-hybridized carbons (Fsp3) is 0.316. The highest BCUT2D eigenvalue weighted by molar-refractivity contribution is 14.0. The van der Waals surface area contributed by atoms with Gasteiger partial charge in [-0.15, -0.1) is 24.0 Å². The Bertz CT molecular complexity index is 728. The van der Waals surface area contributed by atoms with Crippen LogP contribution in [0.1, 0.15) is 24.1 Å². The van der Waals surface area contributed by atoms with Crippen molar-refractivity contribution in [3.63, 3.8) is 0 Å². The lowest BCUT2D eigenvalue weighted by atomic mass is 10.1. The molecule has 0 saturated heterocycles. The summed E-state index contributed by atoms with van der Waals surface area (Å²) >= 11 is 6.23. The van der Waals surface area contributed by atoms with Gasteiger partial charge in [0.25, 0.3) is 0 Å². The molecule has 2 atom stereocenters. The molecule has 2 N–H and O–H groups in total. The summed E-state index contributed by atoms with van der Waals surface area (Å²) < 4.78 is 12.2. The first-order valence-corrected chi connectivity index (χ1v) is 10.1. The maximum Gasteiger partial charge on any atom is 0.191 e. The molecule has 2 unspecified atom stereocenters. The van der Waals surface area contributed by atoms with Crippen LogP contribution in [-0.2, 0) is 16.6 Å². The molecule has 0 amide bonds. The van der Waals surface area contributed by atoms with Crippen LogP contribution in [0.3, 0.4) is 0 Å². The second-order valence-corrected chi connectivity index (χ2v) is 7.64. The molecule has 0 spiro atoms. The lowest BCUT2D eigenvalue weighted by Crippen LogP contribution is -2.40. The van der Waals surface area contributed by atoms with E-state index in [4.69, 9.17) is 11.6 Å². The molecular weight excluding hydrogens is 481 g/mol. The molecule has 2 rings (SSSR count). The average Bonchev–Trinajstić information content (AvgIpc) is 2.62. The SMILES string of the molecule is CN=C(NCCS(=O)Cc1ccccc1)NC(C)c1ccccc1Cl.I. The first-order valence-electron chi connectivity index (χ1n) is 8.20. The number of guanidine groups is 1. The summed E-state index contributed by atoms with van der Waals surface area (Å²) in [5, 5.41) is 7.24. The number of hydrogen-bond acceptors (Lipinski definition) is 2. The van der Waals surface area contributed by atoms with Crippen molar-refractivity contribution in [1.82, 2.24) is 10.6 Å². The molecule has 2 aromatic carbocycles. The standard InChI is InChI=1S/C19H24ClN3OS.HI/c1-15(17-10-6-7-11-18(17)20)23-19(21-2)22-12-13-25(24)14-16-8-4-3-5-9-16;/h3-11,15H,12-14H2,1-2H3,(H2,21,22,23);1H. The molecule has 0 bridgehead atoms. The third kappa shape index (κ3) is 7.63. The molecule has 0 aliphatic heterocycles. The zero-order valence-electron chi connectivity index (χ0n) is 14.9. The van der Waals surface area contributed by atoms with E-state index < -0.39 is 10.8 Å². The molecule has 0 fully saturated rings. The zero-order valence-corrected chi connectivity index (χ0v) is 18.8. The normalized spacial score (nSPS) is 13.4. The van der Waals surface area contributed by atoms with Crippen LogP contribution in [0.15, 0.2) is 59.6 Å². The van der Waals surface area contributed by atoms with Crippen LogP contribution in [0.2, 0.25) is 5.02 Å². The van der Waals surface area contributed by atoms with Gasteiger partial charge in [0.15, 0.2) is 5.96 Å². The van der Waals surface area contributed by atoms with Gasteiger partial charge >= 0.3 is 0 Å². The average molecular weight is 506 g/mol. The molecule has 7 heteroatoms. The summed E-state index contributed by atoms with van der Waals surface area (Å²) in [4.78, 5) is 4.22. The Balaban J connectivity index is 0.00000338. The van der Waals surface area contributed by atoms with Gasteiger partial charge in [0, 0.05) is 40.9 Å². The first kappa shape index (κ1) is 22.9. The number of halogens is 2. The van der Waals surface area contributed by atoms with E-state index in [1.165, 1.54) is 0 Å². The Hall–Kier alpha value is -1.12.